The maximum Gasteiger partial charge on any atom is 0.328 e. The van der Waals surface area contributed by atoms with Crippen LogP contribution in [0.25, 0.3) is 0 Å². The van der Waals surface area contributed by atoms with E-state index >= 15 is 0 Å². The lowest BCUT2D eigenvalue weighted by Crippen LogP contribution is -2.47. The zero-order chi connectivity index (χ0) is 11.4. The summed E-state index contributed by atoms with van der Waals surface area (Å²) in [5, 5.41) is 11.1. The van der Waals surface area contributed by atoms with E-state index in [-0.39, 0.29) is 12.5 Å². The van der Waals surface area contributed by atoms with Gasteiger partial charge < -0.3 is 15.2 Å². The Hall–Kier alpha value is -1.10. The molecule has 82 valence electrons. The molecule has 0 aliphatic carbocycles. The maximum absolute atomic E-state index is 11.4. The molecule has 0 saturated heterocycles. The van der Waals surface area contributed by atoms with Crippen molar-refractivity contribution >= 4 is 11.9 Å². The second-order valence-electron chi connectivity index (χ2n) is 4.07. The van der Waals surface area contributed by atoms with Crippen molar-refractivity contribution < 1.29 is 19.4 Å². The molecule has 0 aliphatic heterocycles. The number of amides is 1. The zero-order valence-corrected chi connectivity index (χ0v) is 8.96. The first-order valence-corrected chi connectivity index (χ1v) is 4.31. The van der Waals surface area contributed by atoms with Gasteiger partial charge in [-0.3, -0.25) is 4.79 Å². The minimum absolute atomic E-state index is 0.0306. The van der Waals surface area contributed by atoms with E-state index < -0.39 is 17.4 Å². The number of carboxylic acids is 1. The Morgan fingerprint density at radius 1 is 1.43 bits per heavy atom. The van der Waals surface area contributed by atoms with E-state index in [1.54, 1.807) is 20.8 Å². The third kappa shape index (κ3) is 4.23. The Labute approximate surface area is 83.4 Å². The summed E-state index contributed by atoms with van der Waals surface area (Å²) in [5.74, 6) is -1.40. The topological polar surface area (TPSA) is 75.6 Å². The molecule has 5 heteroatoms. The Morgan fingerprint density at radius 3 is 2.21 bits per heavy atom. The van der Waals surface area contributed by atoms with E-state index in [0.717, 1.165) is 0 Å². The van der Waals surface area contributed by atoms with E-state index in [9.17, 15) is 9.59 Å². The smallest absolute Gasteiger partial charge is 0.328 e. The maximum atomic E-state index is 11.4. The summed E-state index contributed by atoms with van der Waals surface area (Å²) in [5.41, 5.74) is -0.596. The van der Waals surface area contributed by atoms with Crippen molar-refractivity contribution in [2.75, 3.05) is 13.7 Å². The molecule has 0 aliphatic rings. The number of carbonyl (C=O) groups is 2. The number of aliphatic carboxylic acids is 1. The molecule has 0 saturated carbocycles. The zero-order valence-electron chi connectivity index (χ0n) is 8.96. The van der Waals surface area contributed by atoms with Crippen molar-refractivity contribution in [2.24, 2.45) is 5.41 Å². The first kappa shape index (κ1) is 12.9. The molecule has 0 aromatic rings. The molecule has 1 atom stereocenters. The predicted octanol–water partition coefficient (Wildman–Crippen LogP) is 0.248. The first-order valence-electron chi connectivity index (χ1n) is 4.31. The Morgan fingerprint density at radius 2 is 1.93 bits per heavy atom. The Kier molecular flexibility index (Phi) is 4.56. The van der Waals surface area contributed by atoms with Crippen LogP contribution in [0.1, 0.15) is 20.8 Å². The molecular formula is C9H17NO4. The van der Waals surface area contributed by atoms with Gasteiger partial charge in [0.25, 0.3) is 0 Å². The largest absolute Gasteiger partial charge is 0.480 e. The summed E-state index contributed by atoms with van der Waals surface area (Å²) in [6, 6.07) is -0.980. The lowest BCUT2D eigenvalue weighted by atomic mass is 9.95. The highest BCUT2D eigenvalue weighted by molar-refractivity contribution is 5.86. The Balaban J connectivity index is 4.31. The highest BCUT2D eigenvalue weighted by Gasteiger charge is 2.27. The van der Waals surface area contributed by atoms with Crippen LogP contribution >= 0.6 is 0 Å². The van der Waals surface area contributed by atoms with Gasteiger partial charge in [-0.05, 0) is 0 Å². The standard InChI is InChI=1S/C9H17NO4/c1-9(2,3)8(13)10-6(5-14-4)7(11)12/h6H,5H2,1-4H3,(H,10,13)(H,11,12). The van der Waals surface area contributed by atoms with Gasteiger partial charge in [0.1, 0.15) is 0 Å². The average Bonchev–Trinajstić information content (AvgIpc) is 2.01. The van der Waals surface area contributed by atoms with Crippen LogP contribution in [0.15, 0.2) is 0 Å². The quantitative estimate of drug-likeness (QED) is 0.686. The fourth-order valence-electron chi connectivity index (χ4n) is 0.716. The molecule has 0 aromatic heterocycles. The number of ether oxygens (including phenoxy) is 1. The number of carboxylic acid groups (broad SMARTS) is 1. The molecule has 0 bridgehead atoms. The van der Waals surface area contributed by atoms with Gasteiger partial charge in [0.2, 0.25) is 5.91 Å². The van der Waals surface area contributed by atoms with Gasteiger partial charge in [-0.15, -0.1) is 0 Å². The normalized spacial score (nSPS) is 13.4. The van der Waals surface area contributed by atoms with E-state index in [1.807, 2.05) is 0 Å². The third-order valence-corrected chi connectivity index (χ3v) is 1.62. The second-order valence-corrected chi connectivity index (χ2v) is 4.07. The van der Waals surface area contributed by atoms with Gasteiger partial charge in [-0.2, -0.15) is 0 Å². The molecule has 1 amide bonds. The third-order valence-electron chi connectivity index (χ3n) is 1.62. The van der Waals surface area contributed by atoms with Crippen molar-refractivity contribution in [1.29, 1.82) is 0 Å². The van der Waals surface area contributed by atoms with Crippen LogP contribution in [0.3, 0.4) is 0 Å². The molecule has 5 nitrogen and oxygen atoms in total. The summed E-state index contributed by atoms with van der Waals surface area (Å²) in [4.78, 5) is 22.1. The highest BCUT2D eigenvalue weighted by atomic mass is 16.5. The van der Waals surface area contributed by atoms with E-state index in [0.29, 0.717) is 0 Å². The van der Waals surface area contributed by atoms with Crippen molar-refractivity contribution in [1.82, 2.24) is 5.32 Å². The number of rotatable bonds is 4. The number of nitrogens with one attached hydrogen (secondary N) is 1. The number of hydrogen-bond donors (Lipinski definition) is 2. The van der Waals surface area contributed by atoms with E-state index in [1.165, 1.54) is 7.11 Å². The summed E-state index contributed by atoms with van der Waals surface area (Å²) >= 11 is 0. The summed E-state index contributed by atoms with van der Waals surface area (Å²) in [7, 11) is 1.39. The Bertz CT molecular complexity index is 219. The summed E-state index contributed by atoms with van der Waals surface area (Å²) in [6.45, 7) is 5.12. The fourth-order valence-corrected chi connectivity index (χ4v) is 0.716. The number of hydrogen-bond acceptors (Lipinski definition) is 3. The van der Waals surface area contributed by atoms with Gasteiger partial charge in [0.05, 0.1) is 6.61 Å². The van der Waals surface area contributed by atoms with E-state index in [2.05, 4.69) is 10.1 Å². The van der Waals surface area contributed by atoms with Gasteiger partial charge in [0, 0.05) is 12.5 Å². The summed E-state index contributed by atoms with van der Waals surface area (Å²) in [6.07, 6.45) is 0. The van der Waals surface area contributed by atoms with Crippen LogP contribution in [0.5, 0.6) is 0 Å². The van der Waals surface area contributed by atoms with Crippen molar-refractivity contribution in [3.63, 3.8) is 0 Å². The van der Waals surface area contributed by atoms with Crippen molar-refractivity contribution in [3.8, 4) is 0 Å². The fraction of sp³-hybridized carbons (Fsp3) is 0.778. The molecule has 0 fully saturated rings. The van der Waals surface area contributed by atoms with Crippen molar-refractivity contribution in [3.05, 3.63) is 0 Å². The van der Waals surface area contributed by atoms with Crippen LogP contribution in [0.2, 0.25) is 0 Å². The lowest BCUT2D eigenvalue weighted by molar-refractivity contribution is -0.144. The monoisotopic (exact) mass is 203 g/mol. The van der Waals surface area contributed by atoms with Gasteiger partial charge in [-0.25, -0.2) is 4.79 Å². The minimum Gasteiger partial charge on any atom is -0.480 e. The van der Waals surface area contributed by atoms with E-state index in [4.69, 9.17) is 5.11 Å². The van der Waals surface area contributed by atoms with Crippen LogP contribution in [0.4, 0.5) is 0 Å². The van der Waals surface area contributed by atoms with Crippen LogP contribution < -0.4 is 5.32 Å². The molecule has 0 spiro atoms. The van der Waals surface area contributed by atoms with Gasteiger partial charge in [0.15, 0.2) is 6.04 Å². The van der Waals surface area contributed by atoms with Gasteiger partial charge in [-0.1, -0.05) is 20.8 Å². The highest BCUT2D eigenvalue weighted by Crippen LogP contribution is 2.12. The molecular weight excluding hydrogens is 186 g/mol. The molecule has 0 aromatic carbocycles. The molecule has 0 rings (SSSR count). The molecule has 1 unspecified atom stereocenters. The first-order chi connectivity index (χ1) is 6.29. The molecule has 0 heterocycles. The SMILES string of the molecule is COCC(NC(=O)C(C)(C)C)C(=O)O. The van der Waals surface area contributed by atoms with Crippen LogP contribution in [-0.2, 0) is 14.3 Å². The summed E-state index contributed by atoms with van der Waals surface area (Å²) < 4.78 is 4.68. The lowest BCUT2D eigenvalue weighted by Gasteiger charge is -2.21. The van der Waals surface area contributed by atoms with Crippen LogP contribution in [0, 0.1) is 5.41 Å². The molecule has 14 heavy (non-hydrogen) atoms. The second kappa shape index (κ2) is 4.95. The predicted molar refractivity (Wildman–Crippen MR) is 50.9 cm³/mol. The molecule has 0 radical (unpaired) electrons. The van der Waals surface area contributed by atoms with Crippen molar-refractivity contribution in [2.45, 2.75) is 26.8 Å². The number of carbonyl (C=O) groups excluding carboxylic acids is 1. The minimum atomic E-state index is -1.09. The number of methoxy groups -OCH3 is 1. The van der Waals surface area contributed by atoms with Crippen LogP contribution in [-0.4, -0.2) is 36.7 Å². The average molecular weight is 203 g/mol. The molecule has 2 N–H and O–H groups in total. The van der Waals surface area contributed by atoms with Gasteiger partial charge >= 0.3 is 5.97 Å².